The van der Waals surface area contributed by atoms with Crippen LogP contribution in [0.3, 0.4) is 0 Å². The van der Waals surface area contributed by atoms with Crippen LogP contribution < -0.4 is 5.32 Å². The predicted molar refractivity (Wildman–Crippen MR) is 63.2 cm³/mol. The molecule has 18 heavy (non-hydrogen) atoms. The molecule has 0 spiro atoms. The molecule has 0 saturated carbocycles. The summed E-state index contributed by atoms with van der Waals surface area (Å²) >= 11 is 0. The van der Waals surface area contributed by atoms with Gasteiger partial charge in [-0.15, -0.1) is 0 Å². The zero-order valence-corrected chi connectivity index (χ0v) is 9.76. The summed E-state index contributed by atoms with van der Waals surface area (Å²) in [7, 11) is 0. The Morgan fingerprint density at radius 1 is 1.50 bits per heavy atom. The number of nitrogens with zero attached hydrogens (tertiary/aromatic N) is 2. The van der Waals surface area contributed by atoms with Crippen molar-refractivity contribution in [1.82, 2.24) is 15.2 Å². The maximum absolute atomic E-state index is 12.3. The van der Waals surface area contributed by atoms with Crippen molar-refractivity contribution in [2.45, 2.75) is 12.5 Å². The van der Waals surface area contributed by atoms with Crippen molar-refractivity contribution in [3.8, 4) is 0 Å². The molecule has 2 N–H and O–H groups in total. The van der Waals surface area contributed by atoms with Gasteiger partial charge in [-0.2, -0.15) is 0 Å². The minimum atomic E-state index is -0.503. The number of rotatable bonds is 2. The Morgan fingerprint density at radius 2 is 2.33 bits per heavy atom. The molecule has 2 atom stereocenters. The lowest BCUT2D eigenvalue weighted by atomic mass is 10.1. The molecule has 7 nitrogen and oxygen atoms in total. The number of likely N-dealkylation sites (tertiary alicyclic amines) is 1. The monoisotopic (exact) mass is 250 g/mol. The number of aromatic amines is 1. The molecule has 3 heterocycles. The highest BCUT2D eigenvalue weighted by Crippen LogP contribution is 2.28. The highest BCUT2D eigenvalue weighted by Gasteiger charge is 2.40. The maximum atomic E-state index is 12.3. The Labute approximate surface area is 103 Å². The Hall–Kier alpha value is -1.89. The van der Waals surface area contributed by atoms with Crippen LogP contribution in [0.4, 0.5) is 5.69 Å². The number of H-pyrrole nitrogens is 1. The molecule has 96 valence electrons. The number of nitro groups is 1. The van der Waals surface area contributed by atoms with Crippen molar-refractivity contribution < 1.29 is 9.72 Å². The molecule has 3 rings (SSSR count). The van der Waals surface area contributed by atoms with E-state index in [0.717, 1.165) is 26.1 Å². The highest BCUT2D eigenvalue weighted by atomic mass is 16.6. The van der Waals surface area contributed by atoms with Crippen LogP contribution in [-0.2, 0) is 0 Å². The molecular weight excluding hydrogens is 236 g/mol. The van der Waals surface area contributed by atoms with E-state index in [2.05, 4.69) is 10.3 Å². The van der Waals surface area contributed by atoms with E-state index in [1.54, 1.807) is 0 Å². The van der Waals surface area contributed by atoms with Crippen LogP contribution in [0.2, 0.25) is 0 Å². The average molecular weight is 250 g/mol. The van der Waals surface area contributed by atoms with E-state index in [1.165, 1.54) is 12.3 Å². The number of carbonyl (C=O) groups excluding carboxylic acids is 1. The quantitative estimate of drug-likeness (QED) is 0.585. The lowest BCUT2D eigenvalue weighted by Crippen LogP contribution is -2.39. The van der Waals surface area contributed by atoms with Crippen molar-refractivity contribution in [3.05, 3.63) is 28.1 Å². The van der Waals surface area contributed by atoms with Gasteiger partial charge in [0.2, 0.25) is 0 Å². The Bertz CT molecular complexity index is 498. The number of nitrogens with one attached hydrogen (secondary N) is 2. The van der Waals surface area contributed by atoms with Crippen LogP contribution in [0.25, 0.3) is 0 Å². The maximum Gasteiger partial charge on any atom is 0.287 e. The Kier molecular flexibility index (Phi) is 2.55. The van der Waals surface area contributed by atoms with Crippen molar-refractivity contribution in [3.63, 3.8) is 0 Å². The van der Waals surface area contributed by atoms with Crippen molar-refractivity contribution >= 4 is 11.6 Å². The zero-order valence-electron chi connectivity index (χ0n) is 9.76. The third-order valence-electron chi connectivity index (χ3n) is 3.82. The largest absolute Gasteiger partial charge is 0.351 e. The van der Waals surface area contributed by atoms with Gasteiger partial charge in [-0.25, -0.2) is 0 Å². The van der Waals surface area contributed by atoms with Crippen LogP contribution in [0.15, 0.2) is 12.3 Å². The smallest absolute Gasteiger partial charge is 0.287 e. The van der Waals surface area contributed by atoms with Gasteiger partial charge in [0.25, 0.3) is 11.6 Å². The molecule has 0 bridgehead atoms. The molecule has 2 saturated heterocycles. The molecule has 1 amide bonds. The van der Waals surface area contributed by atoms with Gasteiger partial charge in [0.05, 0.1) is 11.1 Å². The fourth-order valence-electron chi connectivity index (χ4n) is 2.87. The van der Waals surface area contributed by atoms with Crippen molar-refractivity contribution in [1.29, 1.82) is 0 Å². The summed E-state index contributed by atoms with van der Waals surface area (Å²) in [6.45, 7) is 2.52. The van der Waals surface area contributed by atoms with Gasteiger partial charge in [-0.3, -0.25) is 14.9 Å². The van der Waals surface area contributed by atoms with Gasteiger partial charge in [0.1, 0.15) is 5.69 Å². The molecule has 0 aliphatic carbocycles. The summed E-state index contributed by atoms with van der Waals surface area (Å²) in [4.78, 5) is 26.9. The average Bonchev–Trinajstić information content (AvgIpc) is 3.04. The highest BCUT2D eigenvalue weighted by molar-refractivity contribution is 5.93. The van der Waals surface area contributed by atoms with Crippen LogP contribution >= 0.6 is 0 Å². The third-order valence-corrected chi connectivity index (χ3v) is 3.82. The molecule has 7 heteroatoms. The van der Waals surface area contributed by atoms with Crippen LogP contribution in [0.1, 0.15) is 16.9 Å². The first kappa shape index (κ1) is 11.2. The number of fused-ring (bicyclic) bond motifs is 1. The van der Waals surface area contributed by atoms with Gasteiger partial charge in [-0.1, -0.05) is 0 Å². The molecular formula is C11H14N4O3. The standard InChI is InChI=1S/C11H14N4O3/c16-11(9-3-8(5-13-9)15(17)18)14-2-1-7-4-12-6-10(7)14/h3,5,7,10,12-13H,1-2,4,6H2/t7-,10+/m0/s1. The summed E-state index contributed by atoms with van der Waals surface area (Å²) in [5, 5.41) is 13.9. The normalized spacial score (nSPS) is 26.3. The van der Waals surface area contributed by atoms with E-state index in [4.69, 9.17) is 0 Å². The Morgan fingerprint density at radius 3 is 3.06 bits per heavy atom. The summed E-state index contributed by atoms with van der Waals surface area (Å²) in [5.41, 5.74) is 0.230. The second-order valence-electron chi connectivity index (χ2n) is 4.80. The van der Waals surface area contributed by atoms with Crippen LogP contribution in [0, 0.1) is 16.0 Å². The van der Waals surface area contributed by atoms with Crippen molar-refractivity contribution in [2.24, 2.45) is 5.92 Å². The summed E-state index contributed by atoms with van der Waals surface area (Å²) in [6, 6.07) is 1.54. The topological polar surface area (TPSA) is 91.3 Å². The van der Waals surface area contributed by atoms with E-state index >= 15 is 0 Å². The summed E-state index contributed by atoms with van der Waals surface area (Å²) < 4.78 is 0. The number of aromatic nitrogens is 1. The first-order chi connectivity index (χ1) is 8.66. The molecule has 0 aromatic carbocycles. The fourth-order valence-corrected chi connectivity index (χ4v) is 2.87. The first-order valence-electron chi connectivity index (χ1n) is 6.01. The lowest BCUT2D eigenvalue weighted by Gasteiger charge is -2.22. The van der Waals surface area contributed by atoms with Gasteiger partial charge in [0, 0.05) is 31.7 Å². The second-order valence-corrected chi connectivity index (χ2v) is 4.80. The summed E-state index contributed by atoms with van der Waals surface area (Å²) in [6.07, 6.45) is 2.26. The fraction of sp³-hybridized carbons (Fsp3) is 0.545. The third kappa shape index (κ3) is 1.67. The molecule has 1 aromatic heterocycles. The minimum absolute atomic E-state index is 0.0707. The minimum Gasteiger partial charge on any atom is -0.351 e. The molecule has 2 aliphatic rings. The van der Waals surface area contributed by atoms with E-state index < -0.39 is 4.92 Å². The lowest BCUT2D eigenvalue weighted by molar-refractivity contribution is -0.384. The van der Waals surface area contributed by atoms with E-state index in [0.29, 0.717) is 11.6 Å². The first-order valence-corrected chi connectivity index (χ1v) is 6.01. The number of hydrogen-bond acceptors (Lipinski definition) is 4. The van der Waals surface area contributed by atoms with Gasteiger partial charge in [0.15, 0.2) is 0 Å². The molecule has 0 radical (unpaired) electrons. The SMILES string of the molecule is O=C(c1cc([N+](=O)[O-])c[nH]1)N1CC[C@H]2CNC[C@H]21. The summed E-state index contributed by atoms with van der Waals surface area (Å²) in [5.74, 6) is 0.387. The van der Waals surface area contributed by atoms with E-state index in [1.807, 2.05) is 4.90 Å². The number of amides is 1. The molecule has 0 unspecified atom stereocenters. The molecule has 1 aromatic rings. The number of carbonyl (C=O) groups is 1. The molecule has 2 aliphatic heterocycles. The number of hydrogen-bond donors (Lipinski definition) is 2. The van der Waals surface area contributed by atoms with Crippen LogP contribution in [-0.4, -0.2) is 46.4 Å². The zero-order chi connectivity index (χ0) is 12.7. The predicted octanol–water partition coefficient (Wildman–Crippen LogP) is 0.357. The second kappa shape index (κ2) is 4.09. The van der Waals surface area contributed by atoms with Gasteiger partial charge < -0.3 is 15.2 Å². The Balaban J connectivity index is 1.79. The van der Waals surface area contributed by atoms with Crippen molar-refractivity contribution in [2.75, 3.05) is 19.6 Å². The van der Waals surface area contributed by atoms with E-state index in [-0.39, 0.29) is 17.6 Å². The van der Waals surface area contributed by atoms with Gasteiger partial charge >= 0.3 is 0 Å². The van der Waals surface area contributed by atoms with Crippen LogP contribution in [0.5, 0.6) is 0 Å². The molecule has 2 fully saturated rings. The van der Waals surface area contributed by atoms with E-state index in [9.17, 15) is 14.9 Å². The van der Waals surface area contributed by atoms with Gasteiger partial charge in [-0.05, 0) is 12.3 Å².